The fraction of sp³-hybridized carbons (Fsp3) is 1.00. The molecular weight excluding hydrogens is 206 g/mol. The molecule has 0 saturated heterocycles. The van der Waals surface area contributed by atoms with E-state index in [2.05, 4.69) is 14.8 Å². The molecular formula is C7H13F4NO2. The van der Waals surface area contributed by atoms with Gasteiger partial charge in [0.05, 0.1) is 6.54 Å². The maximum Gasteiger partial charge on any atom is 0.319 e. The zero-order valence-electron chi connectivity index (χ0n) is 7.90. The molecule has 0 aromatic rings. The highest BCUT2D eigenvalue weighted by atomic mass is 19.3. The van der Waals surface area contributed by atoms with Gasteiger partial charge in [-0.15, -0.1) is 0 Å². The second-order valence-corrected chi connectivity index (χ2v) is 2.59. The molecule has 0 radical (unpaired) electrons. The van der Waals surface area contributed by atoms with Gasteiger partial charge in [-0.25, -0.2) is 8.78 Å². The number of hydrogen-bond donors (Lipinski definition) is 1. The summed E-state index contributed by atoms with van der Waals surface area (Å²) in [6.45, 7) is -1.18. The largest absolute Gasteiger partial charge is 0.355 e. The van der Waals surface area contributed by atoms with Crippen LogP contribution in [0.15, 0.2) is 0 Å². The van der Waals surface area contributed by atoms with Gasteiger partial charge in [0.2, 0.25) is 0 Å². The van der Waals surface area contributed by atoms with E-state index in [4.69, 9.17) is 0 Å². The summed E-state index contributed by atoms with van der Waals surface area (Å²) in [6.07, 6.45) is -4.39. The van der Waals surface area contributed by atoms with Gasteiger partial charge in [-0.3, -0.25) is 0 Å². The fourth-order valence-electron chi connectivity index (χ4n) is 0.697. The predicted molar refractivity (Wildman–Crippen MR) is 41.6 cm³/mol. The average molecular weight is 219 g/mol. The first-order valence-electron chi connectivity index (χ1n) is 3.86. The number of hydrogen-bond acceptors (Lipinski definition) is 3. The summed E-state index contributed by atoms with van der Waals surface area (Å²) in [7, 11) is 2.64. The fourth-order valence-corrected chi connectivity index (χ4v) is 0.697. The minimum atomic E-state index is -4.02. The van der Waals surface area contributed by atoms with E-state index in [1.807, 2.05) is 0 Å². The molecule has 0 fully saturated rings. The molecule has 0 aromatic carbocycles. The van der Waals surface area contributed by atoms with Crippen molar-refractivity contribution in [1.29, 1.82) is 0 Å². The van der Waals surface area contributed by atoms with E-state index in [0.717, 1.165) is 0 Å². The Morgan fingerprint density at radius 2 is 1.71 bits per heavy atom. The molecule has 1 N–H and O–H groups in total. The van der Waals surface area contributed by atoms with E-state index in [9.17, 15) is 17.6 Å². The molecule has 0 aliphatic carbocycles. The summed E-state index contributed by atoms with van der Waals surface area (Å²) in [6, 6.07) is 0. The number of ether oxygens (including phenoxy) is 2. The molecule has 0 atom stereocenters. The topological polar surface area (TPSA) is 30.5 Å². The maximum atomic E-state index is 12.3. The molecule has 14 heavy (non-hydrogen) atoms. The van der Waals surface area contributed by atoms with Crippen molar-refractivity contribution >= 4 is 0 Å². The molecule has 0 heterocycles. The molecule has 0 bridgehead atoms. The minimum Gasteiger partial charge on any atom is -0.355 e. The Hall–Kier alpha value is -0.400. The lowest BCUT2D eigenvalue weighted by Gasteiger charge is -2.18. The minimum absolute atomic E-state index is 0.0741. The summed E-state index contributed by atoms with van der Waals surface area (Å²) in [4.78, 5) is 0. The Labute approximate surface area is 79.4 Å². The Morgan fingerprint density at radius 1 is 1.21 bits per heavy atom. The Morgan fingerprint density at radius 3 is 2.07 bits per heavy atom. The van der Waals surface area contributed by atoms with Crippen LogP contribution in [0.1, 0.15) is 0 Å². The third-order valence-electron chi connectivity index (χ3n) is 1.52. The van der Waals surface area contributed by atoms with Gasteiger partial charge in [0.15, 0.2) is 6.29 Å². The third kappa shape index (κ3) is 4.73. The van der Waals surface area contributed by atoms with Crippen molar-refractivity contribution < 1.29 is 27.0 Å². The molecule has 0 rings (SSSR count). The van der Waals surface area contributed by atoms with Crippen LogP contribution in [0.25, 0.3) is 0 Å². The van der Waals surface area contributed by atoms with Crippen molar-refractivity contribution in [2.24, 2.45) is 0 Å². The first-order valence-corrected chi connectivity index (χ1v) is 3.86. The van der Waals surface area contributed by atoms with Gasteiger partial charge >= 0.3 is 12.3 Å². The van der Waals surface area contributed by atoms with Crippen molar-refractivity contribution in [3.05, 3.63) is 0 Å². The van der Waals surface area contributed by atoms with Crippen LogP contribution in [-0.2, 0) is 9.47 Å². The molecule has 0 unspecified atom stereocenters. The van der Waals surface area contributed by atoms with Gasteiger partial charge in [-0.2, -0.15) is 8.78 Å². The molecule has 3 nitrogen and oxygen atoms in total. The number of alkyl halides is 4. The van der Waals surface area contributed by atoms with Crippen LogP contribution in [-0.4, -0.2) is 45.9 Å². The highest BCUT2D eigenvalue weighted by molar-refractivity contribution is 4.72. The van der Waals surface area contributed by atoms with E-state index >= 15 is 0 Å². The van der Waals surface area contributed by atoms with Crippen LogP contribution >= 0.6 is 0 Å². The summed E-state index contributed by atoms with van der Waals surface area (Å²) in [5, 5.41) is 2.13. The standard InChI is InChI=1S/C7H13F4NO2/c1-13-5(14-2)3-12-4-7(10,11)6(8)9/h5-6,12H,3-4H2,1-2H3. The maximum absolute atomic E-state index is 12.3. The van der Waals surface area contributed by atoms with Crippen molar-refractivity contribution in [2.75, 3.05) is 27.3 Å². The van der Waals surface area contributed by atoms with E-state index in [-0.39, 0.29) is 6.54 Å². The smallest absolute Gasteiger partial charge is 0.319 e. The zero-order chi connectivity index (χ0) is 11.2. The molecule has 0 spiro atoms. The van der Waals surface area contributed by atoms with Crippen LogP contribution < -0.4 is 5.32 Å². The van der Waals surface area contributed by atoms with Crippen LogP contribution in [0.2, 0.25) is 0 Å². The Kier molecular flexibility index (Phi) is 5.98. The molecule has 0 aliphatic heterocycles. The van der Waals surface area contributed by atoms with Crippen molar-refractivity contribution in [2.45, 2.75) is 18.6 Å². The van der Waals surface area contributed by atoms with E-state index in [0.29, 0.717) is 0 Å². The molecule has 0 amide bonds. The van der Waals surface area contributed by atoms with Gasteiger partial charge in [-0.05, 0) is 0 Å². The Bertz CT molecular complexity index is 153. The number of rotatable bonds is 7. The lowest BCUT2D eigenvalue weighted by molar-refractivity contribution is -0.133. The SMILES string of the molecule is COC(CNCC(F)(F)C(F)F)OC. The number of halogens is 4. The van der Waals surface area contributed by atoms with Crippen LogP contribution in [0.3, 0.4) is 0 Å². The summed E-state index contributed by atoms with van der Waals surface area (Å²) >= 11 is 0. The molecule has 86 valence electrons. The van der Waals surface area contributed by atoms with Gasteiger partial charge in [0.25, 0.3) is 0 Å². The highest BCUT2D eigenvalue weighted by Crippen LogP contribution is 2.21. The van der Waals surface area contributed by atoms with Gasteiger partial charge < -0.3 is 14.8 Å². The van der Waals surface area contributed by atoms with E-state index in [1.165, 1.54) is 14.2 Å². The third-order valence-corrected chi connectivity index (χ3v) is 1.52. The molecule has 0 aliphatic rings. The summed E-state index contributed by atoms with van der Waals surface area (Å²) in [5.74, 6) is -4.02. The van der Waals surface area contributed by atoms with E-state index in [1.54, 1.807) is 0 Å². The summed E-state index contributed by atoms with van der Waals surface area (Å²) in [5.41, 5.74) is 0. The highest BCUT2D eigenvalue weighted by Gasteiger charge is 2.40. The van der Waals surface area contributed by atoms with Crippen LogP contribution in [0, 0.1) is 0 Å². The second-order valence-electron chi connectivity index (χ2n) is 2.59. The second kappa shape index (κ2) is 6.15. The van der Waals surface area contributed by atoms with Crippen molar-refractivity contribution in [3.8, 4) is 0 Å². The zero-order valence-corrected chi connectivity index (χ0v) is 7.90. The summed E-state index contributed by atoms with van der Waals surface area (Å²) < 4.78 is 57.2. The number of nitrogens with one attached hydrogen (secondary N) is 1. The van der Waals surface area contributed by atoms with E-state index < -0.39 is 25.2 Å². The van der Waals surface area contributed by atoms with Crippen molar-refractivity contribution in [3.63, 3.8) is 0 Å². The molecule has 0 aromatic heterocycles. The van der Waals surface area contributed by atoms with Gasteiger partial charge in [0, 0.05) is 20.8 Å². The molecule has 0 saturated carbocycles. The lowest BCUT2D eigenvalue weighted by Crippen LogP contribution is -2.42. The normalized spacial score (nSPS) is 12.9. The first kappa shape index (κ1) is 13.6. The average Bonchev–Trinajstić information content (AvgIpc) is 2.12. The van der Waals surface area contributed by atoms with Crippen molar-refractivity contribution in [1.82, 2.24) is 5.32 Å². The monoisotopic (exact) mass is 219 g/mol. The van der Waals surface area contributed by atoms with Gasteiger partial charge in [-0.1, -0.05) is 0 Å². The van der Waals surface area contributed by atoms with Crippen LogP contribution in [0.4, 0.5) is 17.6 Å². The Balaban J connectivity index is 3.72. The lowest BCUT2D eigenvalue weighted by atomic mass is 10.3. The molecule has 7 heteroatoms. The quantitative estimate of drug-likeness (QED) is 0.513. The number of methoxy groups -OCH3 is 2. The van der Waals surface area contributed by atoms with Crippen LogP contribution in [0.5, 0.6) is 0 Å². The predicted octanol–water partition coefficient (Wildman–Crippen LogP) is 1.10. The first-order chi connectivity index (χ1) is 6.44. The van der Waals surface area contributed by atoms with Gasteiger partial charge in [0.1, 0.15) is 0 Å².